The lowest BCUT2D eigenvalue weighted by atomic mass is 10.2. The Morgan fingerprint density at radius 1 is 1.17 bits per heavy atom. The van der Waals surface area contributed by atoms with Gasteiger partial charge in [0, 0.05) is 12.1 Å². The van der Waals surface area contributed by atoms with Gasteiger partial charge in [-0.25, -0.2) is 4.79 Å². The lowest BCUT2D eigenvalue weighted by molar-refractivity contribution is -0.384. The van der Waals surface area contributed by atoms with E-state index in [9.17, 15) is 14.9 Å². The summed E-state index contributed by atoms with van der Waals surface area (Å²) in [4.78, 5) is 22.2. The number of nitro benzene ring substituents is 1. The third-order valence-electron chi connectivity index (χ3n) is 3.16. The molecule has 24 heavy (non-hydrogen) atoms. The predicted octanol–water partition coefficient (Wildman–Crippen LogP) is 1.93. The number of tetrazole rings is 1. The van der Waals surface area contributed by atoms with Crippen LogP contribution in [0.4, 0.5) is 5.69 Å². The lowest BCUT2D eigenvalue weighted by Gasteiger charge is -2.06. The number of para-hydroxylation sites is 1. The SMILES string of the molecule is O=C(OCc1nnnn1-c1ccccc1)c1cccc([N+](=O)[O-])c1. The number of nitro groups is 1. The Balaban J connectivity index is 1.73. The molecule has 1 aromatic heterocycles. The summed E-state index contributed by atoms with van der Waals surface area (Å²) in [5, 5.41) is 22.0. The molecule has 2 aromatic carbocycles. The number of rotatable bonds is 5. The molecule has 0 fully saturated rings. The van der Waals surface area contributed by atoms with Crippen molar-refractivity contribution in [3.63, 3.8) is 0 Å². The molecule has 0 amide bonds. The topological polar surface area (TPSA) is 113 Å². The van der Waals surface area contributed by atoms with Gasteiger partial charge in [0.25, 0.3) is 5.69 Å². The van der Waals surface area contributed by atoms with Gasteiger partial charge in [-0.1, -0.05) is 24.3 Å². The molecule has 0 saturated heterocycles. The average molecular weight is 325 g/mol. The zero-order chi connectivity index (χ0) is 16.9. The minimum Gasteiger partial charge on any atom is -0.454 e. The summed E-state index contributed by atoms with van der Waals surface area (Å²) in [6.07, 6.45) is 0. The van der Waals surface area contributed by atoms with E-state index in [0.29, 0.717) is 5.82 Å². The van der Waals surface area contributed by atoms with E-state index in [1.807, 2.05) is 30.3 Å². The molecule has 0 atom stereocenters. The Hall–Kier alpha value is -3.62. The molecule has 3 aromatic rings. The maximum absolute atomic E-state index is 12.0. The molecule has 1 heterocycles. The van der Waals surface area contributed by atoms with Crippen molar-refractivity contribution in [3.8, 4) is 5.69 Å². The Morgan fingerprint density at radius 2 is 1.96 bits per heavy atom. The van der Waals surface area contributed by atoms with Crippen LogP contribution in [0, 0.1) is 10.1 Å². The van der Waals surface area contributed by atoms with E-state index in [4.69, 9.17) is 4.74 Å². The fourth-order valence-corrected chi connectivity index (χ4v) is 2.03. The summed E-state index contributed by atoms with van der Waals surface area (Å²) < 4.78 is 6.59. The number of carbonyl (C=O) groups excluding carboxylic acids is 1. The Labute approximate surface area is 135 Å². The van der Waals surface area contributed by atoms with Crippen LogP contribution < -0.4 is 0 Å². The van der Waals surface area contributed by atoms with Crippen LogP contribution >= 0.6 is 0 Å². The predicted molar refractivity (Wildman–Crippen MR) is 81.4 cm³/mol. The Bertz CT molecular complexity index is 878. The first-order valence-electron chi connectivity index (χ1n) is 6.89. The molecule has 9 heteroatoms. The molecule has 3 rings (SSSR count). The van der Waals surface area contributed by atoms with Crippen molar-refractivity contribution in [2.75, 3.05) is 0 Å². The highest BCUT2D eigenvalue weighted by Gasteiger charge is 2.15. The van der Waals surface area contributed by atoms with Crippen LogP contribution in [0.2, 0.25) is 0 Å². The van der Waals surface area contributed by atoms with Gasteiger partial charge >= 0.3 is 5.97 Å². The second kappa shape index (κ2) is 6.65. The van der Waals surface area contributed by atoms with E-state index in [1.165, 1.54) is 22.9 Å². The normalized spacial score (nSPS) is 10.3. The monoisotopic (exact) mass is 325 g/mol. The van der Waals surface area contributed by atoms with E-state index >= 15 is 0 Å². The van der Waals surface area contributed by atoms with Gasteiger partial charge in [-0.15, -0.1) is 5.10 Å². The summed E-state index contributed by atoms with van der Waals surface area (Å²) >= 11 is 0. The van der Waals surface area contributed by atoms with E-state index in [2.05, 4.69) is 15.5 Å². The smallest absolute Gasteiger partial charge is 0.338 e. The van der Waals surface area contributed by atoms with Crippen molar-refractivity contribution < 1.29 is 14.5 Å². The lowest BCUT2D eigenvalue weighted by Crippen LogP contribution is -2.10. The van der Waals surface area contributed by atoms with E-state index < -0.39 is 10.9 Å². The van der Waals surface area contributed by atoms with Gasteiger partial charge in [0.05, 0.1) is 16.2 Å². The zero-order valence-corrected chi connectivity index (χ0v) is 12.3. The third-order valence-corrected chi connectivity index (χ3v) is 3.16. The number of hydrogen-bond donors (Lipinski definition) is 0. The number of aromatic nitrogens is 4. The molecule has 0 aliphatic rings. The van der Waals surface area contributed by atoms with Gasteiger partial charge in [-0.2, -0.15) is 4.68 Å². The van der Waals surface area contributed by atoms with Crippen molar-refractivity contribution >= 4 is 11.7 Å². The first-order chi connectivity index (χ1) is 11.6. The van der Waals surface area contributed by atoms with Crippen molar-refractivity contribution in [2.45, 2.75) is 6.61 Å². The van der Waals surface area contributed by atoms with Crippen molar-refractivity contribution in [2.24, 2.45) is 0 Å². The van der Waals surface area contributed by atoms with E-state index in [-0.39, 0.29) is 17.9 Å². The molecular formula is C15H11N5O4. The number of hydrogen-bond acceptors (Lipinski definition) is 7. The fourth-order valence-electron chi connectivity index (χ4n) is 2.03. The van der Waals surface area contributed by atoms with Gasteiger partial charge in [0.1, 0.15) is 0 Å². The summed E-state index contributed by atoms with van der Waals surface area (Å²) in [5.74, 6) is -0.360. The number of ether oxygens (including phenoxy) is 1. The minimum atomic E-state index is -0.693. The van der Waals surface area contributed by atoms with Crippen LogP contribution in [0.15, 0.2) is 54.6 Å². The van der Waals surface area contributed by atoms with E-state index in [0.717, 1.165) is 11.8 Å². The van der Waals surface area contributed by atoms with Gasteiger partial charge in [-0.05, 0) is 28.6 Å². The van der Waals surface area contributed by atoms with Gasteiger partial charge in [0.2, 0.25) is 0 Å². The Kier molecular flexibility index (Phi) is 4.23. The molecule has 0 aliphatic heterocycles. The second-order valence-corrected chi connectivity index (χ2v) is 4.73. The first-order valence-corrected chi connectivity index (χ1v) is 6.89. The van der Waals surface area contributed by atoms with Crippen LogP contribution in [0.25, 0.3) is 5.69 Å². The number of esters is 1. The maximum Gasteiger partial charge on any atom is 0.338 e. The number of benzene rings is 2. The summed E-state index contributed by atoms with van der Waals surface area (Å²) in [6.45, 7) is -0.163. The van der Waals surface area contributed by atoms with Crippen LogP contribution in [0.3, 0.4) is 0 Å². The molecular weight excluding hydrogens is 314 g/mol. The third kappa shape index (κ3) is 3.24. The molecule has 0 unspecified atom stereocenters. The van der Waals surface area contributed by atoms with Crippen molar-refractivity contribution in [1.82, 2.24) is 20.2 Å². The van der Waals surface area contributed by atoms with Gasteiger partial charge in [-0.3, -0.25) is 10.1 Å². The molecule has 0 saturated carbocycles. The zero-order valence-electron chi connectivity index (χ0n) is 12.3. The van der Waals surface area contributed by atoms with Crippen LogP contribution in [0.5, 0.6) is 0 Å². The summed E-state index contributed by atoms with van der Waals surface area (Å²) in [7, 11) is 0. The number of carbonyl (C=O) groups is 1. The highest BCUT2D eigenvalue weighted by atomic mass is 16.6. The van der Waals surface area contributed by atoms with Crippen LogP contribution in [-0.4, -0.2) is 31.1 Å². The Morgan fingerprint density at radius 3 is 2.71 bits per heavy atom. The van der Waals surface area contributed by atoms with E-state index in [1.54, 1.807) is 0 Å². The standard InChI is InChI=1S/C15H11N5O4/c21-15(11-5-4-8-13(9-11)20(22)23)24-10-14-16-17-18-19(14)12-6-2-1-3-7-12/h1-9H,10H2. The number of nitrogens with zero attached hydrogens (tertiary/aromatic N) is 5. The molecule has 120 valence electrons. The van der Waals surface area contributed by atoms with Crippen LogP contribution in [-0.2, 0) is 11.3 Å². The number of non-ortho nitro benzene ring substituents is 1. The highest BCUT2D eigenvalue weighted by molar-refractivity contribution is 5.90. The summed E-state index contributed by atoms with van der Waals surface area (Å²) in [6, 6.07) is 14.4. The van der Waals surface area contributed by atoms with Crippen LogP contribution in [0.1, 0.15) is 16.2 Å². The first kappa shape index (κ1) is 15.3. The maximum atomic E-state index is 12.0. The molecule has 0 aliphatic carbocycles. The molecule has 0 spiro atoms. The van der Waals surface area contributed by atoms with Crippen molar-refractivity contribution in [1.29, 1.82) is 0 Å². The average Bonchev–Trinajstić information content (AvgIpc) is 3.09. The summed E-state index contributed by atoms with van der Waals surface area (Å²) in [5.41, 5.74) is 0.630. The largest absolute Gasteiger partial charge is 0.454 e. The molecule has 0 N–H and O–H groups in total. The quantitative estimate of drug-likeness (QED) is 0.400. The van der Waals surface area contributed by atoms with Gasteiger partial charge in [0.15, 0.2) is 12.4 Å². The molecule has 9 nitrogen and oxygen atoms in total. The second-order valence-electron chi connectivity index (χ2n) is 4.73. The molecule has 0 bridgehead atoms. The fraction of sp³-hybridized carbons (Fsp3) is 0.0667. The van der Waals surface area contributed by atoms with Crippen molar-refractivity contribution in [3.05, 3.63) is 76.1 Å². The molecule has 0 radical (unpaired) electrons. The van der Waals surface area contributed by atoms with Gasteiger partial charge < -0.3 is 4.74 Å². The minimum absolute atomic E-state index is 0.0861. The highest BCUT2D eigenvalue weighted by Crippen LogP contribution is 2.15.